The monoisotopic (exact) mass is 263 g/mol. The van der Waals surface area contributed by atoms with Gasteiger partial charge in [-0.1, -0.05) is 32.0 Å². The van der Waals surface area contributed by atoms with Crippen LogP contribution in [0.3, 0.4) is 0 Å². The Labute approximate surface area is 113 Å². The maximum Gasteiger partial charge on any atom is 0.335 e. The van der Waals surface area contributed by atoms with Gasteiger partial charge in [0.15, 0.2) is 0 Å². The van der Waals surface area contributed by atoms with Gasteiger partial charge < -0.3 is 10.4 Å². The molecular formula is C15H21NO3. The molecule has 1 aromatic carbocycles. The molecule has 0 heterocycles. The van der Waals surface area contributed by atoms with Gasteiger partial charge in [-0.15, -0.1) is 0 Å². The molecule has 4 heteroatoms. The smallest absolute Gasteiger partial charge is 0.335 e. The van der Waals surface area contributed by atoms with Gasteiger partial charge >= 0.3 is 5.97 Å². The van der Waals surface area contributed by atoms with Crippen molar-refractivity contribution in [2.45, 2.75) is 45.6 Å². The summed E-state index contributed by atoms with van der Waals surface area (Å²) in [6.45, 7) is 6.04. The fourth-order valence-corrected chi connectivity index (χ4v) is 1.86. The van der Waals surface area contributed by atoms with Crippen LogP contribution in [0.1, 0.15) is 49.5 Å². The first kappa shape index (κ1) is 15.2. The molecule has 2 N–H and O–H groups in total. The van der Waals surface area contributed by atoms with E-state index in [-0.39, 0.29) is 23.4 Å². The number of hydrogen-bond acceptors (Lipinski definition) is 2. The maximum atomic E-state index is 12.0. The molecule has 0 bridgehead atoms. The molecule has 0 aromatic heterocycles. The summed E-state index contributed by atoms with van der Waals surface area (Å²) < 4.78 is 0. The van der Waals surface area contributed by atoms with E-state index in [1.807, 2.05) is 20.8 Å². The van der Waals surface area contributed by atoms with Gasteiger partial charge in [-0.25, -0.2) is 4.79 Å². The molecule has 1 amide bonds. The van der Waals surface area contributed by atoms with Crippen molar-refractivity contribution in [2.75, 3.05) is 0 Å². The van der Waals surface area contributed by atoms with Gasteiger partial charge in [0.2, 0.25) is 5.91 Å². The molecule has 0 fully saturated rings. The van der Waals surface area contributed by atoms with Crippen molar-refractivity contribution in [3.63, 3.8) is 0 Å². The number of carboxylic acid groups (broad SMARTS) is 1. The Bertz CT molecular complexity index is 464. The van der Waals surface area contributed by atoms with Crippen molar-refractivity contribution in [2.24, 2.45) is 0 Å². The minimum atomic E-state index is -1.00. The van der Waals surface area contributed by atoms with Gasteiger partial charge in [0, 0.05) is 5.54 Å². The number of amides is 1. The molecule has 0 atom stereocenters. The molecule has 4 nitrogen and oxygen atoms in total. The molecule has 0 saturated carbocycles. The number of carboxylic acids is 1. The fourth-order valence-electron chi connectivity index (χ4n) is 1.86. The topological polar surface area (TPSA) is 66.4 Å². The van der Waals surface area contributed by atoms with Crippen LogP contribution in [0, 0.1) is 0 Å². The summed E-state index contributed by atoms with van der Waals surface area (Å²) in [7, 11) is 0. The van der Waals surface area contributed by atoms with E-state index >= 15 is 0 Å². The molecule has 0 spiro atoms. The first-order chi connectivity index (χ1) is 8.91. The van der Waals surface area contributed by atoms with E-state index in [4.69, 9.17) is 5.11 Å². The molecule has 1 rings (SSSR count). The lowest BCUT2D eigenvalue weighted by atomic mass is 9.95. The van der Waals surface area contributed by atoms with Gasteiger partial charge in [0.25, 0.3) is 0 Å². The van der Waals surface area contributed by atoms with Gasteiger partial charge in [0.1, 0.15) is 0 Å². The van der Waals surface area contributed by atoms with Crippen molar-refractivity contribution in [1.82, 2.24) is 5.32 Å². The molecule has 0 unspecified atom stereocenters. The number of nitrogens with one attached hydrogen (secondary N) is 1. The summed E-state index contributed by atoms with van der Waals surface area (Å²) in [5, 5.41) is 12.0. The maximum absolute atomic E-state index is 12.0. The van der Waals surface area contributed by atoms with Gasteiger partial charge in [-0.05, 0) is 31.4 Å². The van der Waals surface area contributed by atoms with Crippen molar-refractivity contribution >= 4 is 11.9 Å². The Morgan fingerprint density at radius 3 is 2.32 bits per heavy atom. The number of aromatic carboxylic acids is 1. The predicted octanol–water partition coefficient (Wildman–Crippen LogP) is 2.62. The molecule has 0 radical (unpaired) electrons. The molecule has 0 saturated heterocycles. The normalized spacial score (nSPS) is 11.1. The van der Waals surface area contributed by atoms with Crippen LogP contribution in [-0.4, -0.2) is 22.5 Å². The Morgan fingerprint density at radius 1 is 1.21 bits per heavy atom. The Hall–Kier alpha value is -1.84. The highest BCUT2D eigenvalue weighted by atomic mass is 16.4. The zero-order valence-corrected chi connectivity index (χ0v) is 11.7. The Balaban J connectivity index is 2.81. The zero-order chi connectivity index (χ0) is 14.5. The highest BCUT2D eigenvalue weighted by molar-refractivity contribution is 5.91. The molecular weight excluding hydrogens is 242 g/mol. The summed E-state index contributed by atoms with van der Waals surface area (Å²) in [5.41, 5.74) is 0.504. The zero-order valence-electron chi connectivity index (χ0n) is 11.7. The van der Waals surface area contributed by atoms with E-state index in [2.05, 4.69) is 5.32 Å². The lowest BCUT2D eigenvalue weighted by molar-refractivity contribution is -0.122. The number of benzene rings is 1. The third-order valence-electron chi connectivity index (χ3n) is 3.60. The van der Waals surface area contributed by atoms with Crippen LogP contribution in [0.4, 0.5) is 0 Å². The Morgan fingerprint density at radius 2 is 1.79 bits per heavy atom. The second kappa shape index (κ2) is 6.36. The molecule has 104 valence electrons. The summed E-state index contributed by atoms with van der Waals surface area (Å²) >= 11 is 0. The number of carbonyl (C=O) groups is 2. The summed E-state index contributed by atoms with van der Waals surface area (Å²) in [4.78, 5) is 23.1. The average molecular weight is 263 g/mol. The van der Waals surface area contributed by atoms with Crippen LogP contribution in [-0.2, 0) is 11.2 Å². The van der Waals surface area contributed by atoms with E-state index in [9.17, 15) is 9.59 Å². The van der Waals surface area contributed by atoms with Crippen LogP contribution in [0.2, 0.25) is 0 Å². The van der Waals surface area contributed by atoms with E-state index in [1.165, 1.54) is 6.07 Å². The SMILES string of the molecule is CCC(C)(CC)NC(=O)Cc1ccccc1C(=O)O. The first-order valence-electron chi connectivity index (χ1n) is 6.54. The van der Waals surface area contributed by atoms with Gasteiger partial charge in [-0.2, -0.15) is 0 Å². The third-order valence-corrected chi connectivity index (χ3v) is 3.60. The molecule has 19 heavy (non-hydrogen) atoms. The molecule has 0 aliphatic carbocycles. The summed E-state index contributed by atoms with van der Waals surface area (Å²) in [6, 6.07) is 6.60. The largest absolute Gasteiger partial charge is 0.478 e. The highest BCUT2D eigenvalue weighted by Gasteiger charge is 2.22. The van der Waals surface area contributed by atoms with E-state index in [1.54, 1.807) is 18.2 Å². The van der Waals surface area contributed by atoms with E-state index < -0.39 is 5.97 Å². The average Bonchev–Trinajstić information content (AvgIpc) is 2.38. The van der Waals surface area contributed by atoms with Crippen molar-refractivity contribution < 1.29 is 14.7 Å². The predicted molar refractivity (Wildman–Crippen MR) is 74.2 cm³/mol. The minimum Gasteiger partial charge on any atom is -0.478 e. The van der Waals surface area contributed by atoms with Crippen LogP contribution < -0.4 is 5.32 Å². The van der Waals surface area contributed by atoms with E-state index in [0.29, 0.717) is 5.56 Å². The third kappa shape index (κ3) is 4.09. The number of rotatable bonds is 6. The van der Waals surface area contributed by atoms with Crippen LogP contribution in [0.15, 0.2) is 24.3 Å². The van der Waals surface area contributed by atoms with Crippen LogP contribution in [0.5, 0.6) is 0 Å². The molecule has 0 aliphatic heterocycles. The minimum absolute atomic E-state index is 0.0953. The van der Waals surface area contributed by atoms with Crippen LogP contribution in [0.25, 0.3) is 0 Å². The highest BCUT2D eigenvalue weighted by Crippen LogP contribution is 2.15. The summed E-state index contributed by atoms with van der Waals surface area (Å²) in [5.74, 6) is -1.14. The fraction of sp³-hybridized carbons (Fsp3) is 0.467. The van der Waals surface area contributed by atoms with Crippen molar-refractivity contribution in [3.05, 3.63) is 35.4 Å². The molecule has 1 aromatic rings. The standard InChI is InChI=1S/C15H21NO3/c1-4-15(3,5-2)16-13(17)10-11-8-6-7-9-12(11)14(18)19/h6-9H,4-5,10H2,1-3H3,(H,16,17)(H,18,19). The second-order valence-electron chi connectivity index (χ2n) is 4.96. The second-order valence-corrected chi connectivity index (χ2v) is 4.96. The Kier molecular flexibility index (Phi) is 5.10. The van der Waals surface area contributed by atoms with Crippen LogP contribution >= 0.6 is 0 Å². The van der Waals surface area contributed by atoms with Crippen molar-refractivity contribution in [1.29, 1.82) is 0 Å². The molecule has 0 aliphatic rings. The lowest BCUT2D eigenvalue weighted by Crippen LogP contribution is -2.45. The number of carbonyl (C=O) groups excluding carboxylic acids is 1. The number of hydrogen-bond donors (Lipinski definition) is 2. The van der Waals surface area contributed by atoms with Gasteiger partial charge in [0.05, 0.1) is 12.0 Å². The quantitative estimate of drug-likeness (QED) is 0.829. The first-order valence-corrected chi connectivity index (χ1v) is 6.54. The lowest BCUT2D eigenvalue weighted by Gasteiger charge is -2.28. The van der Waals surface area contributed by atoms with Crippen molar-refractivity contribution in [3.8, 4) is 0 Å². The van der Waals surface area contributed by atoms with Gasteiger partial charge in [-0.3, -0.25) is 4.79 Å². The summed E-state index contributed by atoms with van der Waals surface area (Å²) in [6.07, 6.45) is 1.78. The van der Waals surface area contributed by atoms with E-state index in [0.717, 1.165) is 12.8 Å².